The summed E-state index contributed by atoms with van der Waals surface area (Å²) in [6.45, 7) is 4.61. The number of nitrogens with zero attached hydrogens (tertiary/aromatic N) is 3. The van der Waals surface area contributed by atoms with Crippen molar-refractivity contribution in [1.29, 1.82) is 0 Å². The lowest BCUT2D eigenvalue weighted by Gasteiger charge is -2.34. The van der Waals surface area contributed by atoms with Crippen LogP contribution in [0, 0.1) is 6.92 Å². The number of amides is 2. The van der Waals surface area contributed by atoms with Crippen LogP contribution >= 0.6 is 22.7 Å². The molecule has 0 radical (unpaired) electrons. The minimum Gasteiger partial charge on any atom is -0.302 e. The smallest absolute Gasteiger partial charge is 0.240 e. The van der Waals surface area contributed by atoms with E-state index in [-0.39, 0.29) is 17.9 Å². The van der Waals surface area contributed by atoms with E-state index in [4.69, 9.17) is 0 Å². The normalized spacial score (nSPS) is 18.1. The number of anilines is 2. The summed E-state index contributed by atoms with van der Waals surface area (Å²) in [4.78, 5) is 35.5. The Hall–Kier alpha value is -1.84. The maximum absolute atomic E-state index is 12.4. The predicted molar refractivity (Wildman–Crippen MR) is 100 cm³/mol. The Labute approximate surface area is 154 Å². The minimum atomic E-state index is -0.125. The Kier molecular flexibility index (Phi) is 5.77. The molecule has 3 rings (SSSR count). The van der Waals surface area contributed by atoms with Gasteiger partial charge in [-0.3, -0.25) is 14.5 Å². The van der Waals surface area contributed by atoms with Crippen molar-refractivity contribution in [3.63, 3.8) is 0 Å². The number of hydrogen-bond acceptors (Lipinski definition) is 7. The van der Waals surface area contributed by atoms with Crippen LogP contribution in [0.2, 0.25) is 0 Å². The quantitative estimate of drug-likeness (QED) is 0.834. The molecule has 0 bridgehead atoms. The van der Waals surface area contributed by atoms with Gasteiger partial charge in [0.05, 0.1) is 18.3 Å². The number of carbonyl (C=O) groups excluding carboxylic acids is 2. The van der Waals surface area contributed by atoms with Gasteiger partial charge >= 0.3 is 0 Å². The van der Waals surface area contributed by atoms with Crippen LogP contribution in [0.4, 0.5) is 10.3 Å². The van der Waals surface area contributed by atoms with Gasteiger partial charge < -0.3 is 10.6 Å². The predicted octanol–water partition coefficient (Wildman–Crippen LogP) is 3.03. The lowest BCUT2D eigenvalue weighted by molar-refractivity contribution is -0.118. The van der Waals surface area contributed by atoms with Crippen LogP contribution in [0.1, 0.15) is 42.8 Å². The van der Waals surface area contributed by atoms with E-state index in [9.17, 15) is 9.59 Å². The Balaban J connectivity index is 1.65. The fourth-order valence-corrected chi connectivity index (χ4v) is 4.40. The molecule has 2 aromatic rings. The summed E-state index contributed by atoms with van der Waals surface area (Å²) in [7, 11) is 0. The number of piperidine rings is 1. The van der Waals surface area contributed by atoms with Gasteiger partial charge in [-0.05, 0) is 26.3 Å². The van der Waals surface area contributed by atoms with E-state index in [0.29, 0.717) is 16.8 Å². The maximum Gasteiger partial charge on any atom is 0.240 e. The van der Waals surface area contributed by atoms with E-state index in [1.54, 1.807) is 6.20 Å². The van der Waals surface area contributed by atoms with E-state index >= 15 is 0 Å². The van der Waals surface area contributed by atoms with Gasteiger partial charge in [0.1, 0.15) is 0 Å². The first kappa shape index (κ1) is 18.0. The van der Waals surface area contributed by atoms with E-state index in [2.05, 4.69) is 25.5 Å². The van der Waals surface area contributed by atoms with E-state index in [1.807, 2.05) is 12.3 Å². The number of aryl methyl sites for hydroxylation is 1. The highest BCUT2D eigenvalue weighted by molar-refractivity contribution is 7.15. The van der Waals surface area contributed by atoms with Gasteiger partial charge in [-0.25, -0.2) is 9.97 Å². The Morgan fingerprint density at radius 3 is 2.88 bits per heavy atom. The first-order valence-electron chi connectivity index (χ1n) is 8.20. The highest BCUT2D eigenvalue weighted by Crippen LogP contribution is 2.32. The van der Waals surface area contributed by atoms with Crippen LogP contribution in [0.15, 0.2) is 11.6 Å². The SMILES string of the molecule is CC(=O)Nc1nc([C@@H]2CCCCN2CC(=O)Nc2ncc(C)s2)cs1. The summed E-state index contributed by atoms with van der Waals surface area (Å²) in [6, 6.07) is 0.108. The summed E-state index contributed by atoms with van der Waals surface area (Å²) in [6.07, 6.45) is 4.90. The Bertz CT molecular complexity index is 757. The van der Waals surface area contributed by atoms with Crippen molar-refractivity contribution in [1.82, 2.24) is 14.9 Å². The van der Waals surface area contributed by atoms with E-state index < -0.39 is 0 Å². The van der Waals surface area contributed by atoms with Gasteiger partial charge in [-0.2, -0.15) is 0 Å². The molecule has 0 aromatic carbocycles. The number of thiazole rings is 2. The molecular weight excluding hydrogens is 358 g/mol. The molecule has 2 amide bonds. The average Bonchev–Trinajstić information content (AvgIpc) is 3.16. The first-order valence-corrected chi connectivity index (χ1v) is 9.90. The molecule has 1 fully saturated rings. The fraction of sp³-hybridized carbons (Fsp3) is 0.500. The minimum absolute atomic E-state index is 0.0569. The molecule has 0 aliphatic carbocycles. The van der Waals surface area contributed by atoms with Crippen molar-refractivity contribution in [3.8, 4) is 0 Å². The molecule has 134 valence electrons. The Morgan fingerprint density at radius 2 is 2.16 bits per heavy atom. The molecule has 0 spiro atoms. The molecule has 2 N–H and O–H groups in total. The second kappa shape index (κ2) is 8.03. The summed E-state index contributed by atoms with van der Waals surface area (Å²) in [5.74, 6) is -0.182. The zero-order chi connectivity index (χ0) is 17.8. The number of nitrogens with one attached hydrogen (secondary N) is 2. The van der Waals surface area contributed by atoms with Crippen molar-refractivity contribution in [2.24, 2.45) is 0 Å². The van der Waals surface area contributed by atoms with Crippen LogP contribution in [-0.4, -0.2) is 39.8 Å². The topological polar surface area (TPSA) is 87.2 Å². The third kappa shape index (κ3) is 4.83. The van der Waals surface area contributed by atoms with E-state index in [0.717, 1.165) is 36.4 Å². The Morgan fingerprint density at radius 1 is 1.32 bits per heavy atom. The summed E-state index contributed by atoms with van der Waals surface area (Å²) < 4.78 is 0. The zero-order valence-corrected chi connectivity index (χ0v) is 15.9. The second-order valence-corrected chi connectivity index (χ2v) is 8.16. The summed E-state index contributed by atoms with van der Waals surface area (Å²) >= 11 is 2.89. The molecule has 1 aliphatic rings. The van der Waals surface area contributed by atoms with Gasteiger partial charge in [0.15, 0.2) is 10.3 Å². The maximum atomic E-state index is 12.4. The fourth-order valence-electron chi connectivity index (χ4n) is 2.92. The van der Waals surface area contributed by atoms with Crippen LogP contribution in [-0.2, 0) is 9.59 Å². The van der Waals surface area contributed by atoms with Crippen LogP contribution < -0.4 is 10.6 Å². The van der Waals surface area contributed by atoms with Crippen molar-refractivity contribution in [2.75, 3.05) is 23.7 Å². The van der Waals surface area contributed by atoms with Crippen molar-refractivity contribution in [3.05, 3.63) is 22.1 Å². The number of likely N-dealkylation sites (tertiary alicyclic amines) is 1. The van der Waals surface area contributed by atoms with Gasteiger partial charge in [-0.1, -0.05) is 6.42 Å². The molecule has 25 heavy (non-hydrogen) atoms. The average molecular weight is 380 g/mol. The number of hydrogen-bond donors (Lipinski definition) is 2. The molecule has 0 unspecified atom stereocenters. The molecule has 0 saturated carbocycles. The highest BCUT2D eigenvalue weighted by atomic mass is 32.1. The molecule has 2 aromatic heterocycles. The van der Waals surface area contributed by atoms with Gasteiger partial charge in [0, 0.05) is 23.4 Å². The van der Waals surface area contributed by atoms with Crippen LogP contribution in [0.25, 0.3) is 0 Å². The van der Waals surface area contributed by atoms with Crippen LogP contribution in [0.5, 0.6) is 0 Å². The lowest BCUT2D eigenvalue weighted by Crippen LogP contribution is -2.39. The third-order valence-electron chi connectivity index (χ3n) is 3.97. The number of carbonyl (C=O) groups is 2. The van der Waals surface area contributed by atoms with Gasteiger partial charge in [0.25, 0.3) is 0 Å². The largest absolute Gasteiger partial charge is 0.302 e. The zero-order valence-electron chi connectivity index (χ0n) is 14.2. The van der Waals surface area contributed by atoms with Crippen molar-refractivity contribution < 1.29 is 9.59 Å². The third-order valence-corrected chi connectivity index (χ3v) is 5.58. The lowest BCUT2D eigenvalue weighted by atomic mass is 10.00. The highest BCUT2D eigenvalue weighted by Gasteiger charge is 2.27. The second-order valence-electron chi connectivity index (χ2n) is 6.07. The molecule has 9 heteroatoms. The van der Waals surface area contributed by atoms with Gasteiger partial charge in [0.2, 0.25) is 11.8 Å². The molecular formula is C16H21N5O2S2. The number of aromatic nitrogens is 2. The number of rotatable bonds is 5. The summed E-state index contributed by atoms with van der Waals surface area (Å²) in [5, 5.41) is 8.80. The molecule has 1 aliphatic heterocycles. The van der Waals surface area contributed by atoms with Crippen molar-refractivity contribution in [2.45, 2.75) is 39.2 Å². The van der Waals surface area contributed by atoms with Crippen molar-refractivity contribution >= 4 is 44.8 Å². The summed E-state index contributed by atoms with van der Waals surface area (Å²) in [5.41, 5.74) is 0.923. The van der Waals surface area contributed by atoms with Crippen LogP contribution in [0.3, 0.4) is 0 Å². The molecule has 7 nitrogen and oxygen atoms in total. The monoisotopic (exact) mass is 379 g/mol. The standard InChI is InChI=1S/C16H21N5O2S2/c1-10-7-17-15(25-10)20-14(23)8-21-6-4-3-5-13(21)12-9-24-16(19-12)18-11(2)22/h7,9,13H,3-6,8H2,1-2H3,(H,17,20,23)(H,18,19,22)/t13-/m0/s1. The van der Waals surface area contributed by atoms with Gasteiger partial charge in [-0.15, -0.1) is 22.7 Å². The molecule has 1 atom stereocenters. The molecule has 3 heterocycles. The first-order chi connectivity index (χ1) is 12.0. The molecule has 1 saturated heterocycles. The van der Waals surface area contributed by atoms with E-state index in [1.165, 1.54) is 29.6 Å².